The van der Waals surface area contributed by atoms with E-state index >= 15 is 0 Å². The van der Waals surface area contributed by atoms with Crippen molar-refractivity contribution >= 4 is 11.7 Å². The van der Waals surface area contributed by atoms with Crippen LogP contribution in [0.15, 0.2) is 18.3 Å². The van der Waals surface area contributed by atoms with Crippen molar-refractivity contribution in [1.82, 2.24) is 15.2 Å². The molecule has 5 heteroatoms. The first-order valence-electron chi connectivity index (χ1n) is 7.81. The van der Waals surface area contributed by atoms with Crippen molar-refractivity contribution in [2.75, 3.05) is 25.5 Å². The van der Waals surface area contributed by atoms with E-state index < -0.39 is 0 Å². The van der Waals surface area contributed by atoms with Crippen LogP contribution in [0.2, 0.25) is 0 Å². The van der Waals surface area contributed by atoms with Crippen molar-refractivity contribution < 1.29 is 4.79 Å². The summed E-state index contributed by atoms with van der Waals surface area (Å²) >= 11 is 0. The molecule has 5 nitrogen and oxygen atoms in total. The monoisotopic (exact) mass is 290 g/mol. The van der Waals surface area contributed by atoms with Gasteiger partial charge >= 0.3 is 0 Å². The van der Waals surface area contributed by atoms with Gasteiger partial charge in [-0.1, -0.05) is 6.92 Å². The van der Waals surface area contributed by atoms with E-state index in [0.29, 0.717) is 17.4 Å². The Labute approximate surface area is 127 Å². The predicted molar refractivity (Wildman–Crippen MR) is 85.6 cm³/mol. The van der Waals surface area contributed by atoms with E-state index in [0.717, 1.165) is 32.4 Å². The molecular formula is C16H26N4O. The van der Waals surface area contributed by atoms with Crippen LogP contribution in [-0.4, -0.2) is 48.0 Å². The summed E-state index contributed by atoms with van der Waals surface area (Å²) in [6.45, 7) is 6.15. The molecule has 21 heavy (non-hydrogen) atoms. The van der Waals surface area contributed by atoms with Crippen molar-refractivity contribution in [1.29, 1.82) is 0 Å². The number of nitrogens with zero attached hydrogens (tertiary/aromatic N) is 2. The molecule has 0 saturated carbocycles. The summed E-state index contributed by atoms with van der Waals surface area (Å²) in [7, 11) is 2.14. The van der Waals surface area contributed by atoms with Crippen molar-refractivity contribution in [2.45, 2.75) is 45.2 Å². The average molecular weight is 290 g/mol. The Morgan fingerprint density at radius 3 is 3.05 bits per heavy atom. The minimum atomic E-state index is -0.0246. The Kier molecular flexibility index (Phi) is 5.56. The van der Waals surface area contributed by atoms with Crippen LogP contribution >= 0.6 is 0 Å². The smallest absolute Gasteiger partial charge is 0.255 e. The first-order valence-corrected chi connectivity index (χ1v) is 7.81. The highest BCUT2D eigenvalue weighted by Crippen LogP contribution is 2.17. The number of pyridine rings is 1. The second-order valence-electron chi connectivity index (χ2n) is 5.85. The summed E-state index contributed by atoms with van der Waals surface area (Å²) in [5.74, 6) is 0.654. The average Bonchev–Trinajstić information content (AvgIpc) is 2.49. The molecule has 1 aliphatic rings. The van der Waals surface area contributed by atoms with Crippen molar-refractivity contribution in [3.05, 3.63) is 23.9 Å². The molecule has 0 bridgehead atoms. The van der Waals surface area contributed by atoms with Crippen LogP contribution in [0.25, 0.3) is 0 Å². The maximum atomic E-state index is 12.5. The van der Waals surface area contributed by atoms with Gasteiger partial charge in [0, 0.05) is 31.4 Å². The Morgan fingerprint density at radius 1 is 1.52 bits per heavy atom. The summed E-state index contributed by atoms with van der Waals surface area (Å²) in [6.07, 6.45) is 4.72. The third kappa shape index (κ3) is 4.17. The quantitative estimate of drug-likeness (QED) is 0.872. The van der Waals surface area contributed by atoms with E-state index in [4.69, 9.17) is 0 Å². The number of nitrogens with one attached hydrogen (secondary N) is 2. The molecule has 0 aromatic carbocycles. The second-order valence-corrected chi connectivity index (χ2v) is 5.85. The van der Waals surface area contributed by atoms with Gasteiger partial charge in [-0.25, -0.2) is 4.98 Å². The standard InChI is InChI=1S/C16H26N4O/c1-4-8-17-15-14(6-5-9-18-15)16(21)19-13-7-10-20(3)12(2)11-13/h5-6,9,12-13H,4,7-8,10-11H2,1-3H3,(H,17,18)(H,19,21). The molecule has 1 aliphatic heterocycles. The second kappa shape index (κ2) is 7.41. The molecule has 2 heterocycles. The molecule has 0 radical (unpaired) electrons. The molecule has 1 fully saturated rings. The molecule has 116 valence electrons. The minimum Gasteiger partial charge on any atom is -0.369 e. The Morgan fingerprint density at radius 2 is 2.33 bits per heavy atom. The Bertz CT molecular complexity index is 477. The molecule has 1 aromatic heterocycles. The zero-order valence-corrected chi connectivity index (χ0v) is 13.2. The van der Waals surface area contributed by atoms with Crippen LogP contribution in [0.3, 0.4) is 0 Å². The van der Waals surface area contributed by atoms with Gasteiger partial charge in [0.15, 0.2) is 0 Å². The number of anilines is 1. The van der Waals surface area contributed by atoms with Gasteiger partial charge in [0.2, 0.25) is 0 Å². The van der Waals surface area contributed by atoms with Gasteiger partial charge in [-0.15, -0.1) is 0 Å². The number of likely N-dealkylation sites (tertiary alicyclic amines) is 1. The normalized spacial score (nSPS) is 22.8. The van der Waals surface area contributed by atoms with Crippen LogP contribution in [0, 0.1) is 0 Å². The van der Waals surface area contributed by atoms with Gasteiger partial charge in [-0.2, -0.15) is 0 Å². The molecular weight excluding hydrogens is 264 g/mol. The van der Waals surface area contributed by atoms with Crippen molar-refractivity contribution in [3.63, 3.8) is 0 Å². The Balaban J connectivity index is 2.00. The highest BCUT2D eigenvalue weighted by atomic mass is 16.1. The lowest BCUT2D eigenvalue weighted by molar-refractivity contribution is 0.0897. The van der Waals surface area contributed by atoms with E-state index in [1.165, 1.54) is 0 Å². The largest absolute Gasteiger partial charge is 0.369 e. The molecule has 1 aromatic rings. The first-order chi connectivity index (χ1) is 10.1. The third-order valence-corrected chi connectivity index (χ3v) is 4.14. The number of carbonyl (C=O) groups is 1. The van der Waals surface area contributed by atoms with Crippen LogP contribution in [0.1, 0.15) is 43.5 Å². The molecule has 0 spiro atoms. The lowest BCUT2D eigenvalue weighted by Crippen LogP contribution is -2.47. The Hall–Kier alpha value is -1.62. The molecule has 1 saturated heterocycles. The van der Waals surface area contributed by atoms with E-state index in [1.54, 1.807) is 6.20 Å². The minimum absolute atomic E-state index is 0.0246. The fraction of sp³-hybridized carbons (Fsp3) is 0.625. The van der Waals surface area contributed by atoms with Gasteiger partial charge < -0.3 is 15.5 Å². The van der Waals surface area contributed by atoms with E-state index in [-0.39, 0.29) is 11.9 Å². The number of rotatable bonds is 5. The van der Waals surface area contributed by atoms with E-state index in [2.05, 4.69) is 41.4 Å². The van der Waals surface area contributed by atoms with Crippen LogP contribution in [-0.2, 0) is 0 Å². The number of hydrogen-bond donors (Lipinski definition) is 2. The zero-order chi connectivity index (χ0) is 15.2. The topological polar surface area (TPSA) is 57.3 Å². The van der Waals surface area contributed by atoms with Crippen LogP contribution < -0.4 is 10.6 Å². The van der Waals surface area contributed by atoms with Gasteiger partial charge in [-0.3, -0.25) is 4.79 Å². The number of piperidine rings is 1. The molecule has 2 unspecified atom stereocenters. The van der Waals surface area contributed by atoms with E-state index in [9.17, 15) is 4.79 Å². The summed E-state index contributed by atoms with van der Waals surface area (Å²) in [5, 5.41) is 6.37. The number of aromatic nitrogens is 1. The molecule has 2 atom stereocenters. The van der Waals surface area contributed by atoms with Crippen LogP contribution in [0.5, 0.6) is 0 Å². The van der Waals surface area contributed by atoms with Gasteiger partial charge in [0.25, 0.3) is 5.91 Å². The van der Waals surface area contributed by atoms with Gasteiger partial charge in [0.05, 0.1) is 5.56 Å². The summed E-state index contributed by atoms with van der Waals surface area (Å²) in [6, 6.07) is 4.40. The van der Waals surface area contributed by atoms with Gasteiger partial charge in [-0.05, 0) is 45.4 Å². The van der Waals surface area contributed by atoms with Gasteiger partial charge in [0.1, 0.15) is 5.82 Å². The highest BCUT2D eigenvalue weighted by molar-refractivity contribution is 5.98. The maximum Gasteiger partial charge on any atom is 0.255 e. The molecule has 0 aliphatic carbocycles. The predicted octanol–water partition coefficient (Wildman–Crippen LogP) is 2.12. The fourth-order valence-electron chi connectivity index (χ4n) is 2.66. The van der Waals surface area contributed by atoms with Crippen LogP contribution in [0.4, 0.5) is 5.82 Å². The number of amides is 1. The molecule has 2 N–H and O–H groups in total. The SMILES string of the molecule is CCCNc1ncccc1C(=O)NC1CCN(C)C(C)C1. The van der Waals surface area contributed by atoms with Crippen molar-refractivity contribution in [2.24, 2.45) is 0 Å². The zero-order valence-electron chi connectivity index (χ0n) is 13.2. The fourth-order valence-corrected chi connectivity index (χ4v) is 2.66. The number of carbonyl (C=O) groups excluding carboxylic acids is 1. The maximum absolute atomic E-state index is 12.5. The molecule has 2 rings (SSSR count). The summed E-state index contributed by atoms with van der Waals surface area (Å²) in [5.41, 5.74) is 0.637. The lowest BCUT2D eigenvalue weighted by atomic mass is 9.98. The summed E-state index contributed by atoms with van der Waals surface area (Å²) < 4.78 is 0. The third-order valence-electron chi connectivity index (χ3n) is 4.14. The molecule has 1 amide bonds. The number of hydrogen-bond acceptors (Lipinski definition) is 4. The summed E-state index contributed by atoms with van der Waals surface area (Å²) in [4.78, 5) is 19.1. The van der Waals surface area contributed by atoms with Crippen molar-refractivity contribution in [3.8, 4) is 0 Å². The first kappa shape index (κ1) is 15.8. The lowest BCUT2D eigenvalue weighted by Gasteiger charge is -2.35. The highest BCUT2D eigenvalue weighted by Gasteiger charge is 2.25. The van der Waals surface area contributed by atoms with E-state index in [1.807, 2.05) is 12.1 Å².